The maximum atomic E-state index is 6.07. The molecular formula is C16H15N5O2. The third-order valence-corrected chi connectivity index (χ3v) is 4.06. The predicted molar refractivity (Wildman–Crippen MR) is 85.5 cm³/mol. The lowest BCUT2D eigenvalue weighted by Gasteiger charge is -2.19. The molecule has 7 nitrogen and oxygen atoms in total. The number of nitrogens with two attached hydrogens (primary N) is 2. The van der Waals surface area contributed by atoms with E-state index in [9.17, 15) is 0 Å². The van der Waals surface area contributed by atoms with Gasteiger partial charge in [-0.05, 0) is 29.7 Å². The summed E-state index contributed by atoms with van der Waals surface area (Å²) in [4.78, 5) is 12.8. The molecule has 0 radical (unpaired) electrons. The molecule has 7 heteroatoms. The normalized spacial score (nSPS) is 14.3. The lowest BCUT2D eigenvalue weighted by Crippen LogP contribution is -2.32. The van der Waals surface area contributed by atoms with E-state index in [1.54, 1.807) is 14.2 Å². The van der Waals surface area contributed by atoms with Gasteiger partial charge in [-0.1, -0.05) is 6.08 Å². The Morgan fingerprint density at radius 3 is 2.52 bits per heavy atom. The number of benzene rings is 1. The summed E-state index contributed by atoms with van der Waals surface area (Å²) in [5, 5.41) is 0.721. The van der Waals surface area contributed by atoms with Crippen molar-refractivity contribution in [3.8, 4) is 11.5 Å². The standard InChI is InChI=1S/C16H15N5O2/c1-22-10-5-7-3-4-9-12(8(7)6-11(10)23-2)13-14(17)20-16(18)21-15(13)19-9/h4-6H,3H2,1-2H3,(H4,17,18,19,20,21). The highest BCUT2D eigenvalue weighted by Crippen LogP contribution is 2.38. The number of allylic oxidation sites excluding steroid dienone is 2. The number of rotatable bonds is 2. The third-order valence-electron chi connectivity index (χ3n) is 4.06. The summed E-state index contributed by atoms with van der Waals surface area (Å²) in [5.74, 6) is 1.80. The predicted octanol–water partition coefficient (Wildman–Crippen LogP) is -0.0696. The van der Waals surface area contributed by atoms with Crippen LogP contribution in [0.15, 0.2) is 28.9 Å². The molecule has 23 heavy (non-hydrogen) atoms. The molecule has 2 aliphatic rings. The van der Waals surface area contributed by atoms with Gasteiger partial charge >= 0.3 is 0 Å². The van der Waals surface area contributed by atoms with Crippen molar-refractivity contribution in [3.05, 3.63) is 45.7 Å². The minimum atomic E-state index is 0.123. The summed E-state index contributed by atoms with van der Waals surface area (Å²) < 4.78 is 10.8. The topological polar surface area (TPSA) is 109 Å². The first-order valence-electron chi connectivity index (χ1n) is 7.10. The van der Waals surface area contributed by atoms with Crippen LogP contribution < -0.4 is 31.6 Å². The molecule has 0 unspecified atom stereocenters. The highest BCUT2D eigenvalue weighted by Gasteiger charge is 2.25. The molecule has 0 bridgehead atoms. The minimum Gasteiger partial charge on any atom is -0.493 e. The van der Waals surface area contributed by atoms with Crippen molar-refractivity contribution < 1.29 is 9.47 Å². The Morgan fingerprint density at radius 1 is 1.04 bits per heavy atom. The number of fused-ring (bicyclic) bond motifs is 4. The van der Waals surface area contributed by atoms with Gasteiger partial charge in [-0.2, -0.15) is 9.97 Å². The Labute approximate surface area is 132 Å². The van der Waals surface area contributed by atoms with E-state index in [4.69, 9.17) is 20.9 Å². The largest absolute Gasteiger partial charge is 0.493 e. The molecule has 1 aliphatic heterocycles. The number of nitrogen functional groups attached to an aromatic ring is 2. The molecule has 0 fully saturated rings. The van der Waals surface area contributed by atoms with Crippen LogP contribution in [0.25, 0.3) is 5.57 Å². The molecule has 4 N–H and O–H groups in total. The average Bonchev–Trinajstić information content (AvgIpc) is 2.92. The van der Waals surface area contributed by atoms with Crippen molar-refractivity contribution in [2.75, 3.05) is 25.7 Å². The van der Waals surface area contributed by atoms with E-state index in [-0.39, 0.29) is 5.95 Å². The molecule has 1 aromatic carbocycles. The molecule has 1 aliphatic carbocycles. The monoisotopic (exact) mass is 309 g/mol. The second-order valence-electron chi connectivity index (χ2n) is 5.31. The quantitative estimate of drug-likeness (QED) is 0.804. The van der Waals surface area contributed by atoms with Gasteiger partial charge in [0, 0.05) is 5.57 Å². The van der Waals surface area contributed by atoms with Gasteiger partial charge in [-0.25, -0.2) is 4.99 Å². The zero-order valence-electron chi connectivity index (χ0n) is 12.8. The first kappa shape index (κ1) is 13.6. The zero-order chi connectivity index (χ0) is 16.1. The van der Waals surface area contributed by atoms with Gasteiger partial charge in [0.1, 0.15) is 5.82 Å². The van der Waals surface area contributed by atoms with Gasteiger partial charge in [0.05, 0.1) is 25.1 Å². The van der Waals surface area contributed by atoms with Crippen molar-refractivity contribution in [2.24, 2.45) is 4.99 Å². The summed E-state index contributed by atoms with van der Waals surface area (Å²) in [6, 6.07) is 3.91. The van der Waals surface area contributed by atoms with Crippen LogP contribution in [0.1, 0.15) is 11.1 Å². The molecular weight excluding hydrogens is 294 g/mol. The SMILES string of the molecule is COc1cc2c(cc1OC)C1=c3c(N)nc(N)nc3=NC1=CC2. The van der Waals surface area contributed by atoms with E-state index in [2.05, 4.69) is 15.0 Å². The Morgan fingerprint density at radius 2 is 1.78 bits per heavy atom. The number of aromatic nitrogens is 2. The zero-order valence-corrected chi connectivity index (χ0v) is 12.8. The number of hydrogen-bond donors (Lipinski definition) is 2. The highest BCUT2D eigenvalue weighted by molar-refractivity contribution is 5.86. The Kier molecular flexibility index (Phi) is 2.77. The first-order chi connectivity index (χ1) is 11.1. The van der Waals surface area contributed by atoms with Crippen LogP contribution in [-0.4, -0.2) is 24.2 Å². The summed E-state index contributed by atoms with van der Waals surface area (Å²) >= 11 is 0. The number of anilines is 2. The maximum Gasteiger partial charge on any atom is 0.224 e. The van der Waals surface area contributed by atoms with Gasteiger partial charge in [0.15, 0.2) is 17.0 Å². The van der Waals surface area contributed by atoms with Gasteiger partial charge in [-0.3, -0.25) is 0 Å². The average molecular weight is 309 g/mol. The molecule has 2 heterocycles. The summed E-state index contributed by atoms with van der Waals surface area (Å²) in [7, 11) is 3.23. The molecule has 0 atom stereocenters. The fraction of sp³-hybridized carbons (Fsp3) is 0.188. The van der Waals surface area contributed by atoms with Gasteiger partial charge < -0.3 is 20.9 Å². The molecule has 1 aromatic heterocycles. The van der Waals surface area contributed by atoms with Crippen LogP contribution in [0.5, 0.6) is 11.5 Å². The van der Waals surface area contributed by atoms with Crippen LogP contribution >= 0.6 is 0 Å². The van der Waals surface area contributed by atoms with E-state index in [1.165, 1.54) is 0 Å². The second kappa shape index (κ2) is 4.70. The van der Waals surface area contributed by atoms with E-state index < -0.39 is 0 Å². The molecule has 116 valence electrons. The van der Waals surface area contributed by atoms with E-state index in [0.29, 0.717) is 22.8 Å². The molecule has 0 saturated carbocycles. The fourth-order valence-electron chi connectivity index (χ4n) is 3.05. The second-order valence-corrected chi connectivity index (χ2v) is 5.31. The lowest BCUT2D eigenvalue weighted by molar-refractivity contribution is 0.354. The molecule has 0 spiro atoms. The summed E-state index contributed by atoms with van der Waals surface area (Å²) in [6.07, 6.45) is 2.79. The van der Waals surface area contributed by atoms with Gasteiger partial charge in [-0.15, -0.1) is 0 Å². The highest BCUT2D eigenvalue weighted by atomic mass is 16.5. The van der Waals surface area contributed by atoms with E-state index in [0.717, 1.165) is 34.0 Å². The molecule has 4 rings (SSSR count). The van der Waals surface area contributed by atoms with Crippen molar-refractivity contribution in [1.82, 2.24) is 9.97 Å². The number of nitrogens with zero attached hydrogens (tertiary/aromatic N) is 3. The number of ether oxygens (including phenoxy) is 2. The Balaban J connectivity index is 2.09. The Bertz CT molecular complexity index is 995. The minimum absolute atomic E-state index is 0.123. The molecule has 2 aromatic rings. The molecule has 0 amide bonds. The smallest absolute Gasteiger partial charge is 0.224 e. The van der Waals surface area contributed by atoms with Gasteiger partial charge in [0.25, 0.3) is 0 Å². The van der Waals surface area contributed by atoms with E-state index in [1.807, 2.05) is 18.2 Å². The van der Waals surface area contributed by atoms with Crippen LogP contribution in [0.3, 0.4) is 0 Å². The number of hydrogen-bond acceptors (Lipinski definition) is 7. The van der Waals surface area contributed by atoms with Crippen LogP contribution in [-0.2, 0) is 6.42 Å². The van der Waals surface area contributed by atoms with Crippen molar-refractivity contribution in [3.63, 3.8) is 0 Å². The van der Waals surface area contributed by atoms with Crippen molar-refractivity contribution in [1.29, 1.82) is 0 Å². The summed E-state index contributed by atoms with van der Waals surface area (Å²) in [5.41, 5.74) is 16.1. The molecule has 0 saturated heterocycles. The maximum absolute atomic E-state index is 6.07. The van der Waals surface area contributed by atoms with Gasteiger partial charge in [0.2, 0.25) is 5.95 Å². The lowest BCUT2D eigenvalue weighted by atomic mass is 9.89. The number of methoxy groups -OCH3 is 2. The van der Waals surface area contributed by atoms with Crippen molar-refractivity contribution >= 4 is 17.3 Å². The first-order valence-corrected chi connectivity index (χ1v) is 7.10. The third kappa shape index (κ3) is 1.86. The summed E-state index contributed by atoms with van der Waals surface area (Å²) in [6.45, 7) is 0. The Hall–Kier alpha value is -3.09. The van der Waals surface area contributed by atoms with E-state index >= 15 is 0 Å². The van der Waals surface area contributed by atoms with Crippen molar-refractivity contribution in [2.45, 2.75) is 6.42 Å². The van der Waals surface area contributed by atoms with Crippen LogP contribution in [0, 0.1) is 0 Å². The van der Waals surface area contributed by atoms with Crippen LogP contribution in [0.4, 0.5) is 11.8 Å². The van der Waals surface area contributed by atoms with Crippen LogP contribution in [0.2, 0.25) is 0 Å². The fourth-order valence-corrected chi connectivity index (χ4v) is 3.05.